The molecule has 0 bridgehead atoms. The van der Waals surface area contributed by atoms with E-state index in [4.69, 9.17) is 0 Å². The van der Waals surface area contributed by atoms with Crippen LogP contribution < -0.4 is 0 Å². The van der Waals surface area contributed by atoms with Crippen molar-refractivity contribution >= 4 is 19.7 Å². The Morgan fingerprint density at radius 2 is 1.53 bits per heavy atom. The molecule has 1 aromatic carbocycles. The lowest BCUT2D eigenvalue weighted by molar-refractivity contribution is 0.168. The van der Waals surface area contributed by atoms with Crippen LogP contribution in [0.5, 0.6) is 0 Å². The molecule has 19 heavy (non-hydrogen) atoms. The van der Waals surface area contributed by atoms with Crippen molar-refractivity contribution in [3.05, 3.63) is 23.8 Å². The molecule has 0 aliphatic rings. The van der Waals surface area contributed by atoms with Gasteiger partial charge >= 0.3 is 0 Å². The standard InChI is InChI=1S/C12H18O5S2/c1-8(9(2)13)11-6-5-10(18(3,14)15)7-12(11)19(4,16)17/h5-9,13H,1-4H3. The molecule has 5 nitrogen and oxygen atoms in total. The predicted molar refractivity (Wildman–Crippen MR) is 72.8 cm³/mol. The molecule has 0 spiro atoms. The number of hydrogen-bond acceptors (Lipinski definition) is 5. The highest BCUT2D eigenvalue weighted by molar-refractivity contribution is 7.91. The van der Waals surface area contributed by atoms with E-state index in [1.165, 1.54) is 12.1 Å². The van der Waals surface area contributed by atoms with Crippen LogP contribution in [-0.2, 0) is 19.7 Å². The normalized spacial score (nSPS) is 16.1. The molecule has 1 N–H and O–H groups in total. The van der Waals surface area contributed by atoms with Crippen molar-refractivity contribution in [3.63, 3.8) is 0 Å². The molecule has 1 rings (SSSR count). The van der Waals surface area contributed by atoms with E-state index >= 15 is 0 Å². The summed E-state index contributed by atoms with van der Waals surface area (Å²) in [6.45, 7) is 3.25. The topological polar surface area (TPSA) is 88.5 Å². The number of rotatable bonds is 4. The molecule has 0 aromatic heterocycles. The first kappa shape index (κ1) is 16.1. The second-order valence-corrected chi connectivity index (χ2v) is 8.77. The number of aliphatic hydroxyl groups is 1. The second kappa shape index (κ2) is 5.22. The van der Waals surface area contributed by atoms with Gasteiger partial charge in [0.25, 0.3) is 0 Å². The monoisotopic (exact) mass is 306 g/mol. The largest absolute Gasteiger partial charge is 0.393 e. The van der Waals surface area contributed by atoms with Gasteiger partial charge in [0.1, 0.15) is 0 Å². The van der Waals surface area contributed by atoms with Crippen LogP contribution in [0.1, 0.15) is 25.3 Å². The molecule has 7 heteroatoms. The molecule has 2 atom stereocenters. The summed E-state index contributed by atoms with van der Waals surface area (Å²) in [4.78, 5) is -0.0988. The molecule has 0 fully saturated rings. The molecule has 2 unspecified atom stereocenters. The minimum atomic E-state index is -3.57. The summed E-state index contributed by atoms with van der Waals surface area (Å²) < 4.78 is 46.5. The first-order valence-electron chi connectivity index (χ1n) is 5.66. The van der Waals surface area contributed by atoms with Crippen molar-refractivity contribution < 1.29 is 21.9 Å². The van der Waals surface area contributed by atoms with Crippen LogP contribution in [-0.4, -0.2) is 40.6 Å². The minimum absolute atomic E-state index is 0.0468. The third-order valence-corrected chi connectivity index (χ3v) is 5.29. The summed E-state index contributed by atoms with van der Waals surface area (Å²) in [5.74, 6) is -0.404. The second-order valence-electron chi connectivity index (χ2n) is 4.77. The molecular weight excluding hydrogens is 288 g/mol. The molecule has 0 aliphatic carbocycles. The van der Waals surface area contributed by atoms with Gasteiger partial charge in [-0.1, -0.05) is 13.0 Å². The van der Waals surface area contributed by atoms with Crippen molar-refractivity contribution in [2.45, 2.75) is 35.7 Å². The highest BCUT2D eigenvalue weighted by atomic mass is 32.2. The fourth-order valence-corrected chi connectivity index (χ4v) is 3.45. The maximum Gasteiger partial charge on any atom is 0.175 e. The molecule has 0 saturated heterocycles. The summed E-state index contributed by atoms with van der Waals surface area (Å²) in [6.07, 6.45) is 1.31. The predicted octanol–water partition coefficient (Wildman–Crippen LogP) is 0.978. The molecule has 0 amide bonds. The van der Waals surface area contributed by atoms with E-state index in [9.17, 15) is 21.9 Å². The number of aliphatic hydroxyl groups excluding tert-OH is 1. The number of sulfone groups is 2. The van der Waals surface area contributed by atoms with Gasteiger partial charge in [0, 0.05) is 18.4 Å². The average molecular weight is 306 g/mol. The van der Waals surface area contributed by atoms with Gasteiger partial charge in [-0.05, 0) is 24.6 Å². The summed E-state index contributed by atoms with van der Waals surface area (Å²) in [6, 6.07) is 3.96. The van der Waals surface area contributed by atoms with Gasteiger partial charge in [-0.2, -0.15) is 0 Å². The SMILES string of the molecule is CC(O)C(C)c1ccc(S(C)(=O)=O)cc1S(C)(=O)=O. The van der Waals surface area contributed by atoms with E-state index < -0.39 is 31.7 Å². The highest BCUT2D eigenvalue weighted by Crippen LogP contribution is 2.28. The number of hydrogen-bond donors (Lipinski definition) is 1. The average Bonchev–Trinajstić information content (AvgIpc) is 2.24. The zero-order chi connectivity index (χ0) is 15.0. The van der Waals surface area contributed by atoms with E-state index in [1.807, 2.05) is 0 Å². The van der Waals surface area contributed by atoms with Crippen LogP contribution in [0.4, 0.5) is 0 Å². The van der Waals surface area contributed by atoms with Crippen LogP contribution in [0.25, 0.3) is 0 Å². The molecular formula is C12H18O5S2. The summed E-state index contributed by atoms with van der Waals surface area (Å²) in [7, 11) is -7.05. The number of benzene rings is 1. The van der Waals surface area contributed by atoms with Gasteiger partial charge in [-0.25, -0.2) is 16.8 Å². The Hall–Kier alpha value is -0.920. The molecule has 108 valence electrons. The van der Waals surface area contributed by atoms with Crippen LogP contribution >= 0.6 is 0 Å². The van der Waals surface area contributed by atoms with E-state index in [-0.39, 0.29) is 9.79 Å². The van der Waals surface area contributed by atoms with Crippen LogP contribution in [0.3, 0.4) is 0 Å². The lowest BCUT2D eigenvalue weighted by atomic mass is 9.96. The van der Waals surface area contributed by atoms with Gasteiger partial charge in [0.2, 0.25) is 0 Å². The van der Waals surface area contributed by atoms with Crippen LogP contribution in [0.2, 0.25) is 0 Å². The lowest BCUT2D eigenvalue weighted by Crippen LogP contribution is -2.15. The maximum atomic E-state index is 11.8. The van der Waals surface area contributed by atoms with Crippen molar-refractivity contribution in [1.82, 2.24) is 0 Å². The van der Waals surface area contributed by atoms with Gasteiger partial charge in [0.05, 0.1) is 15.9 Å². The smallest absolute Gasteiger partial charge is 0.175 e. The Morgan fingerprint density at radius 3 is 1.89 bits per heavy atom. The summed E-state index contributed by atoms with van der Waals surface area (Å²) in [5, 5.41) is 9.58. The first-order valence-corrected chi connectivity index (χ1v) is 9.45. The zero-order valence-corrected chi connectivity index (χ0v) is 12.9. The molecule has 1 aromatic rings. The summed E-state index contributed by atoms with van der Waals surface area (Å²) in [5.41, 5.74) is 0.421. The van der Waals surface area contributed by atoms with Gasteiger partial charge < -0.3 is 5.11 Å². The quantitative estimate of drug-likeness (QED) is 0.895. The fraction of sp³-hybridized carbons (Fsp3) is 0.500. The van der Waals surface area contributed by atoms with Crippen LogP contribution in [0.15, 0.2) is 28.0 Å². The Bertz CT molecular complexity index is 672. The van der Waals surface area contributed by atoms with Crippen molar-refractivity contribution in [2.75, 3.05) is 12.5 Å². The minimum Gasteiger partial charge on any atom is -0.393 e. The van der Waals surface area contributed by atoms with Gasteiger partial charge in [-0.3, -0.25) is 0 Å². The van der Waals surface area contributed by atoms with Crippen molar-refractivity contribution in [2.24, 2.45) is 0 Å². The van der Waals surface area contributed by atoms with E-state index in [2.05, 4.69) is 0 Å². The van der Waals surface area contributed by atoms with Gasteiger partial charge in [-0.15, -0.1) is 0 Å². The van der Waals surface area contributed by atoms with E-state index in [0.29, 0.717) is 5.56 Å². The Labute approximate surface area is 114 Å². The summed E-state index contributed by atoms with van der Waals surface area (Å²) >= 11 is 0. The zero-order valence-electron chi connectivity index (χ0n) is 11.3. The van der Waals surface area contributed by atoms with Crippen molar-refractivity contribution in [1.29, 1.82) is 0 Å². The van der Waals surface area contributed by atoms with E-state index in [1.54, 1.807) is 13.8 Å². The molecule has 0 saturated carbocycles. The third-order valence-electron chi connectivity index (χ3n) is 3.03. The fourth-order valence-electron chi connectivity index (χ4n) is 1.70. The molecule has 0 heterocycles. The molecule has 0 radical (unpaired) electrons. The third kappa shape index (κ3) is 3.77. The Morgan fingerprint density at radius 1 is 1.00 bits per heavy atom. The van der Waals surface area contributed by atoms with E-state index in [0.717, 1.165) is 18.6 Å². The van der Waals surface area contributed by atoms with Gasteiger partial charge in [0.15, 0.2) is 19.7 Å². The highest BCUT2D eigenvalue weighted by Gasteiger charge is 2.23. The van der Waals surface area contributed by atoms with Crippen LogP contribution in [0, 0.1) is 0 Å². The Kier molecular flexibility index (Phi) is 4.44. The first-order chi connectivity index (χ1) is 8.44. The molecule has 0 aliphatic heterocycles. The Balaban J connectivity index is 3.61. The van der Waals surface area contributed by atoms with Crippen molar-refractivity contribution in [3.8, 4) is 0 Å². The lowest BCUT2D eigenvalue weighted by Gasteiger charge is -2.18. The maximum absolute atomic E-state index is 11.8.